The molecule has 2 unspecified atom stereocenters. The van der Waals surface area contributed by atoms with Crippen LogP contribution < -0.4 is 0 Å². The van der Waals surface area contributed by atoms with Crippen molar-refractivity contribution in [3.05, 3.63) is 48.6 Å². The van der Waals surface area contributed by atoms with E-state index >= 15 is 0 Å². The standard InChI is InChI=1S/C61H110O12S/c1-3-5-7-9-11-13-15-17-19-21-23-25-27-29-31-33-35-37-39-41-43-45-47-49-56(62)70-51-54(52-71-61-60(66)59(65)58(64)55(73-61)53-74(67,68)69)72-57(63)50-48-46-44-42-40-38-36-34-32-30-28-26-24-22-20-18-16-14-12-10-8-6-4-2/h33-36,41-44,54-55,58-61,64-66H,3-32,37-40,45-53H2,1-2H3,(H,67,68,69)/b35-33+,36-34+,43-41+,44-42+/t54-,55-,58-,59?,60?,61+/m1/s1. The molecule has 0 saturated carbocycles. The molecule has 4 N–H and O–H groups in total. The van der Waals surface area contributed by atoms with Crippen LogP contribution in [0.3, 0.4) is 0 Å². The number of aliphatic hydroxyl groups excluding tert-OH is 3. The van der Waals surface area contributed by atoms with Gasteiger partial charge >= 0.3 is 11.9 Å². The van der Waals surface area contributed by atoms with Gasteiger partial charge in [0.15, 0.2) is 12.4 Å². The van der Waals surface area contributed by atoms with Gasteiger partial charge in [0, 0.05) is 12.8 Å². The topological polar surface area (TPSA) is 186 Å². The Morgan fingerprint density at radius 1 is 0.446 bits per heavy atom. The lowest BCUT2D eigenvalue weighted by Crippen LogP contribution is -2.60. The smallest absolute Gasteiger partial charge is 0.306 e. The van der Waals surface area contributed by atoms with Crippen LogP contribution >= 0.6 is 0 Å². The normalized spacial score (nSPS) is 18.9. The van der Waals surface area contributed by atoms with Crippen molar-refractivity contribution >= 4 is 22.1 Å². The molecule has 0 aromatic carbocycles. The van der Waals surface area contributed by atoms with E-state index in [1.165, 1.54) is 180 Å². The lowest BCUT2D eigenvalue weighted by Gasteiger charge is -2.40. The van der Waals surface area contributed by atoms with Gasteiger partial charge in [-0.1, -0.05) is 229 Å². The average Bonchev–Trinajstić information content (AvgIpc) is 3.37. The first kappa shape index (κ1) is 69.6. The highest BCUT2D eigenvalue weighted by molar-refractivity contribution is 7.85. The van der Waals surface area contributed by atoms with Gasteiger partial charge in [-0.05, 0) is 77.0 Å². The second kappa shape index (κ2) is 50.1. The maximum atomic E-state index is 12.9. The molecule has 0 amide bonds. The summed E-state index contributed by atoms with van der Waals surface area (Å²) >= 11 is 0. The fourth-order valence-corrected chi connectivity index (χ4v) is 9.88. The van der Waals surface area contributed by atoms with Gasteiger partial charge in [0.05, 0.1) is 6.61 Å². The minimum absolute atomic E-state index is 0.0966. The van der Waals surface area contributed by atoms with Gasteiger partial charge in [-0.25, -0.2) is 0 Å². The lowest BCUT2D eigenvalue weighted by atomic mass is 10.00. The van der Waals surface area contributed by atoms with Crippen molar-refractivity contribution in [2.45, 2.75) is 307 Å². The van der Waals surface area contributed by atoms with Crippen LogP contribution in [0.5, 0.6) is 0 Å². The third-order valence-electron chi connectivity index (χ3n) is 13.8. The SMILES string of the molecule is CCCCCCCCCCCCCCCC/C=C/CC/C=C/CCCC(=O)OC[C@H](CO[C@H]1O[C@H](CS(=O)(=O)O)[C@@H](O)C(O)C1O)OC(=O)CCC/C=C/CC/C=C/CCCCCCCCCCCCCCCC. The van der Waals surface area contributed by atoms with Gasteiger partial charge in [0.1, 0.15) is 36.8 Å². The lowest BCUT2D eigenvalue weighted by molar-refractivity contribution is -0.297. The number of rotatable bonds is 52. The first-order valence-corrected chi connectivity index (χ1v) is 31.8. The molecule has 1 rings (SSSR count). The molecule has 13 heteroatoms. The summed E-state index contributed by atoms with van der Waals surface area (Å²) in [7, 11) is -4.62. The number of allylic oxidation sites excluding steroid dienone is 8. The maximum absolute atomic E-state index is 12.9. The Kier molecular flexibility index (Phi) is 47.2. The maximum Gasteiger partial charge on any atom is 0.306 e. The van der Waals surface area contributed by atoms with Crippen LogP contribution in [0, 0.1) is 0 Å². The summed E-state index contributed by atoms with van der Waals surface area (Å²) in [5.41, 5.74) is 0. The predicted molar refractivity (Wildman–Crippen MR) is 302 cm³/mol. The van der Waals surface area contributed by atoms with E-state index in [1.54, 1.807) is 0 Å². The number of ether oxygens (including phenoxy) is 4. The molecular formula is C61H110O12S. The van der Waals surface area contributed by atoms with Crippen molar-refractivity contribution in [1.82, 2.24) is 0 Å². The van der Waals surface area contributed by atoms with Gasteiger partial charge in [-0.15, -0.1) is 0 Å². The van der Waals surface area contributed by atoms with Crippen LogP contribution in [0.25, 0.3) is 0 Å². The van der Waals surface area contributed by atoms with Crippen molar-refractivity contribution in [3.63, 3.8) is 0 Å². The van der Waals surface area contributed by atoms with Crippen LogP contribution in [0.15, 0.2) is 48.6 Å². The Balaban J connectivity index is 2.34. The Hall–Kier alpha value is -2.39. The van der Waals surface area contributed by atoms with E-state index in [2.05, 4.69) is 62.5 Å². The summed E-state index contributed by atoms with van der Waals surface area (Å²) in [6, 6.07) is 0. The molecule has 0 aromatic heterocycles. The van der Waals surface area contributed by atoms with Gasteiger partial charge in [-0.3, -0.25) is 14.1 Å². The van der Waals surface area contributed by atoms with Crippen molar-refractivity contribution in [1.29, 1.82) is 0 Å². The Labute approximate surface area is 452 Å². The molecule has 1 heterocycles. The summed E-state index contributed by atoms with van der Waals surface area (Å²) < 4.78 is 54.3. The molecule has 432 valence electrons. The van der Waals surface area contributed by atoms with Gasteiger partial charge in [0.2, 0.25) is 0 Å². The molecular weight excluding hydrogens is 957 g/mol. The number of unbranched alkanes of at least 4 members (excludes halogenated alkanes) is 32. The minimum atomic E-state index is -4.62. The number of carbonyl (C=O) groups excluding carboxylic acids is 2. The molecule has 6 atom stereocenters. The Morgan fingerprint density at radius 3 is 1.16 bits per heavy atom. The molecule has 0 aromatic rings. The van der Waals surface area contributed by atoms with Crippen LogP contribution in [0.1, 0.15) is 271 Å². The highest BCUT2D eigenvalue weighted by atomic mass is 32.2. The van der Waals surface area contributed by atoms with E-state index in [4.69, 9.17) is 18.9 Å². The number of carbonyl (C=O) groups is 2. The zero-order valence-corrected chi connectivity index (χ0v) is 47.8. The van der Waals surface area contributed by atoms with E-state index in [-0.39, 0.29) is 19.4 Å². The number of hydrogen-bond donors (Lipinski definition) is 4. The molecule has 0 spiro atoms. The molecule has 1 saturated heterocycles. The zero-order chi connectivity index (χ0) is 54.0. The fourth-order valence-electron chi connectivity index (χ4n) is 9.19. The van der Waals surface area contributed by atoms with Gasteiger partial charge in [-0.2, -0.15) is 8.42 Å². The minimum Gasteiger partial charge on any atom is -0.462 e. The fraction of sp³-hybridized carbons (Fsp3) is 0.836. The second-order valence-corrected chi connectivity index (χ2v) is 22.5. The molecule has 1 aliphatic heterocycles. The van der Waals surface area contributed by atoms with E-state index in [0.29, 0.717) is 25.7 Å². The van der Waals surface area contributed by atoms with E-state index in [9.17, 15) is 37.9 Å². The van der Waals surface area contributed by atoms with Crippen molar-refractivity contribution in [2.75, 3.05) is 19.0 Å². The number of hydrogen-bond acceptors (Lipinski definition) is 11. The van der Waals surface area contributed by atoms with Crippen molar-refractivity contribution in [3.8, 4) is 0 Å². The first-order chi connectivity index (χ1) is 36.0. The summed E-state index contributed by atoms with van der Waals surface area (Å²) in [4.78, 5) is 25.6. The van der Waals surface area contributed by atoms with Gasteiger partial charge in [0.25, 0.3) is 10.1 Å². The summed E-state index contributed by atoms with van der Waals surface area (Å²) in [6.45, 7) is 3.76. The largest absolute Gasteiger partial charge is 0.462 e. The molecule has 12 nitrogen and oxygen atoms in total. The van der Waals surface area contributed by atoms with E-state index < -0.39 is 71.2 Å². The average molecular weight is 1070 g/mol. The molecule has 74 heavy (non-hydrogen) atoms. The summed E-state index contributed by atoms with van der Waals surface area (Å²) in [5.74, 6) is -2.08. The third kappa shape index (κ3) is 43.7. The molecule has 0 radical (unpaired) electrons. The molecule has 1 aliphatic rings. The molecule has 0 aliphatic carbocycles. The van der Waals surface area contributed by atoms with Crippen molar-refractivity contribution < 1.29 is 56.8 Å². The second-order valence-electron chi connectivity index (χ2n) is 21.0. The monoisotopic (exact) mass is 1070 g/mol. The number of esters is 2. The number of aliphatic hydroxyl groups is 3. The highest BCUT2D eigenvalue weighted by Gasteiger charge is 2.46. The van der Waals surface area contributed by atoms with Crippen LogP contribution in [-0.2, 0) is 38.7 Å². The Bertz CT molecular complexity index is 1530. The Morgan fingerprint density at radius 2 is 0.784 bits per heavy atom. The van der Waals surface area contributed by atoms with Crippen molar-refractivity contribution in [2.24, 2.45) is 0 Å². The quantitative estimate of drug-likeness (QED) is 0.0196. The van der Waals surface area contributed by atoms with Crippen LogP contribution in [0.4, 0.5) is 0 Å². The summed E-state index contributed by atoms with van der Waals surface area (Å²) in [5, 5.41) is 31.1. The molecule has 0 bridgehead atoms. The zero-order valence-electron chi connectivity index (χ0n) is 47.0. The third-order valence-corrected chi connectivity index (χ3v) is 14.6. The van der Waals surface area contributed by atoms with Crippen LogP contribution in [0.2, 0.25) is 0 Å². The first-order valence-electron chi connectivity index (χ1n) is 30.2. The van der Waals surface area contributed by atoms with Crippen LogP contribution in [-0.4, -0.2) is 96.0 Å². The highest BCUT2D eigenvalue weighted by Crippen LogP contribution is 2.24. The molecule has 1 fully saturated rings. The van der Waals surface area contributed by atoms with E-state index in [1.807, 2.05) is 0 Å². The van der Waals surface area contributed by atoms with Gasteiger partial charge < -0.3 is 34.3 Å². The van der Waals surface area contributed by atoms with E-state index in [0.717, 1.165) is 38.5 Å². The summed E-state index contributed by atoms with van der Waals surface area (Å²) in [6.07, 6.45) is 54.7. The predicted octanol–water partition coefficient (Wildman–Crippen LogP) is 15.0.